The van der Waals surface area contributed by atoms with Crippen molar-refractivity contribution in [2.24, 2.45) is 5.14 Å². The molecule has 1 aromatic carbocycles. The molecule has 112 valence electrons. The highest BCUT2D eigenvalue weighted by Gasteiger charge is 2.24. The van der Waals surface area contributed by atoms with Gasteiger partial charge in [-0.2, -0.15) is 0 Å². The maximum absolute atomic E-state index is 12.6. The van der Waals surface area contributed by atoms with Crippen LogP contribution in [-0.2, 0) is 10.0 Å². The zero-order valence-corrected chi connectivity index (χ0v) is 13.2. The highest BCUT2D eigenvalue weighted by atomic mass is 32.2. The molecule has 0 saturated heterocycles. The molecule has 0 aliphatic rings. The number of carbonyl (C=O) groups excluding carboxylic acids is 1. The van der Waals surface area contributed by atoms with E-state index in [4.69, 9.17) is 5.14 Å². The fourth-order valence-corrected chi connectivity index (χ4v) is 2.76. The Labute approximate surface area is 120 Å². The summed E-state index contributed by atoms with van der Waals surface area (Å²) in [4.78, 5) is 14.1. The minimum Gasteiger partial charge on any atom is -0.336 e. The van der Waals surface area contributed by atoms with Crippen LogP contribution in [0.25, 0.3) is 0 Å². The van der Waals surface area contributed by atoms with Crippen LogP contribution in [0.5, 0.6) is 0 Å². The van der Waals surface area contributed by atoms with E-state index in [1.165, 1.54) is 6.07 Å². The van der Waals surface area contributed by atoms with Crippen molar-refractivity contribution in [2.45, 2.75) is 45.1 Å². The molecule has 1 aromatic rings. The standard InChI is InChI=1S/C14H22N2O3S/c1-5-8-16(10(2)3)14(17)12-9-11(4)6-7-13(12)20(15,18)19/h6-7,9-10H,5,8H2,1-4H3,(H2,15,18,19). The molecule has 0 unspecified atom stereocenters. The lowest BCUT2D eigenvalue weighted by Gasteiger charge is -2.27. The first-order chi connectivity index (χ1) is 9.18. The minimum atomic E-state index is -3.92. The number of hydrogen-bond acceptors (Lipinski definition) is 3. The quantitative estimate of drug-likeness (QED) is 0.901. The van der Waals surface area contributed by atoms with E-state index in [0.29, 0.717) is 6.54 Å². The van der Waals surface area contributed by atoms with Crippen molar-refractivity contribution in [1.82, 2.24) is 4.90 Å². The normalized spacial score (nSPS) is 11.7. The van der Waals surface area contributed by atoms with Gasteiger partial charge in [-0.3, -0.25) is 4.79 Å². The summed E-state index contributed by atoms with van der Waals surface area (Å²) in [7, 11) is -3.92. The Bertz CT molecular complexity index is 594. The van der Waals surface area contributed by atoms with Crippen LogP contribution in [0, 0.1) is 6.92 Å². The van der Waals surface area contributed by atoms with Gasteiger partial charge in [0.05, 0.1) is 10.5 Å². The van der Waals surface area contributed by atoms with Gasteiger partial charge < -0.3 is 4.90 Å². The van der Waals surface area contributed by atoms with Gasteiger partial charge in [-0.05, 0) is 39.3 Å². The number of amides is 1. The zero-order chi connectivity index (χ0) is 15.5. The first kappa shape index (κ1) is 16.7. The lowest BCUT2D eigenvalue weighted by molar-refractivity contribution is 0.0702. The lowest BCUT2D eigenvalue weighted by atomic mass is 10.1. The SMILES string of the molecule is CCCN(C(=O)c1cc(C)ccc1S(N)(=O)=O)C(C)C. The van der Waals surface area contributed by atoms with Crippen LogP contribution in [0.4, 0.5) is 0 Å². The molecule has 2 N–H and O–H groups in total. The van der Waals surface area contributed by atoms with Crippen molar-refractivity contribution in [3.8, 4) is 0 Å². The molecule has 0 atom stereocenters. The Balaban J connectivity index is 3.37. The van der Waals surface area contributed by atoms with Crippen LogP contribution in [0.3, 0.4) is 0 Å². The number of primary sulfonamides is 1. The number of aryl methyl sites for hydroxylation is 1. The Hall–Kier alpha value is -1.40. The molecule has 1 rings (SSSR count). The lowest BCUT2D eigenvalue weighted by Crippen LogP contribution is -2.38. The predicted molar refractivity (Wildman–Crippen MR) is 79.0 cm³/mol. The van der Waals surface area contributed by atoms with Gasteiger partial charge in [0.1, 0.15) is 0 Å². The van der Waals surface area contributed by atoms with Gasteiger partial charge in [-0.25, -0.2) is 13.6 Å². The molecule has 20 heavy (non-hydrogen) atoms. The van der Waals surface area contributed by atoms with Gasteiger partial charge in [-0.1, -0.05) is 18.6 Å². The topological polar surface area (TPSA) is 80.5 Å². The van der Waals surface area contributed by atoms with Crippen LogP contribution in [0.15, 0.2) is 23.1 Å². The van der Waals surface area contributed by atoms with Crippen LogP contribution >= 0.6 is 0 Å². The van der Waals surface area contributed by atoms with E-state index in [-0.39, 0.29) is 22.4 Å². The average molecular weight is 298 g/mol. The van der Waals surface area contributed by atoms with E-state index in [2.05, 4.69) is 0 Å². The van der Waals surface area contributed by atoms with E-state index >= 15 is 0 Å². The number of nitrogens with two attached hydrogens (primary N) is 1. The molecule has 1 amide bonds. The summed E-state index contributed by atoms with van der Waals surface area (Å²) in [6.45, 7) is 8.16. The molecule has 0 aromatic heterocycles. The van der Waals surface area contributed by atoms with Crippen molar-refractivity contribution in [2.75, 3.05) is 6.54 Å². The van der Waals surface area contributed by atoms with Crippen LogP contribution in [0.1, 0.15) is 43.1 Å². The second-order valence-corrected chi connectivity index (χ2v) is 6.67. The van der Waals surface area contributed by atoms with Gasteiger partial charge in [-0.15, -0.1) is 0 Å². The third-order valence-corrected chi connectivity index (χ3v) is 3.99. The van der Waals surface area contributed by atoms with Crippen molar-refractivity contribution < 1.29 is 13.2 Å². The van der Waals surface area contributed by atoms with Gasteiger partial charge in [0.15, 0.2) is 0 Å². The summed E-state index contributed by atoms with van der Waals surface area (Å²) in [6.07, 6.45) is 0.806. The first-order valence-corrected chi connectivity index (χ1v) is 8.17. The molecule has 0 bridgehead atoms. The first-order valence-electron chi connectivity index (χ1n) is 6.63. The molecule has 0 aliphatic heterocycles. The number of benzene rings is 1. The molecule has 0 saturated carbocycles. The summed E-state index contributed by atoms with van der Waals surface area (Å²) < 4.78 is 23.3. The zero-order valence-electron chi connectivity index (χ0n) is 12.4. The number of rotatable bonds is 5. The van der Waals surface area contributed by atoms with Gasteiger partial charge in [0.25, 0.3) is 5.91 Å². The fourth-order valence-electron chi connectivity index (χ4n) is 2.05. The van der Waals surface area contributed by atoms with E-state index < -0.39 is 10.0 Å². The number of carbonyl (C=O) groups is 1. The predicted octanol–water partition coefficient (Wildman–Crippen LogP) is 1.90. The molecule has 0 radical (unpaired) electrons. The van der Waals surface area contributed by atoms with Gasteiger partial charge in [0.2, 0.25) is 10.0 Å². The molecule has 0 heterocycles. The van der Waals surface area contributed by atoms with Gasteiger partial charge in [0, 0.05) is 12.6 Å². The fraction of sp³-hybridized carbons (Fsp3) is 0.500. The number of nitrogens with zero attached hydrogens (tertiary/aromatic N) is 1. The van der Waals surface area contributed by atoms with Crippen molar-refractivity contribution in [1.29, 1.82) is 0 Å². The van der Waals surface area contributed by atoms with Crippen molar-refractivity contribution in [3.63, 3.8) is 0 Å². The Morgan fingerprint density at radius 1 is 1.35 bits per heavy atom. The largest absolute Gasteiger partial charge is 0.336 e. The summed E-state index contributed by atoms with van der Waals surface area (Å²) in [5, 5.41) is 5.20. The molecular formula is C14H22N2O3S. The van der Waals surface area contributed by atoms with Crippen LogP contribution in [0.2, 0.25) is 0 Å². The smallest absolute Gasteiger partial charge is 0.255 e. The van der Waals surface area contributed by atoms with Crippen LogP contribution < -0.4 is 5.14 Å². The summed E-state index contributed by atoms with van der Waals surface area (Å²) in [6, 6.07) is 4.60. The third-order valence-electron chi connectivity index (χ3n) is 3.02. The molecule has 5 nitrogen and oxygen atoms in total. The van der Waals surface area contributed by atoms with Gasteiger partial charge >= 0.3 is 0 Å². The Kier molecular flexibility index (Phi) is 5.30. The summed E-state index contributed by atoms with van der Waals surface area (Å²) in [5.74, 6) is -0.297. The van der Waals surface area contributed by atoms with E-state index in [9.17, 15) is 13.2 Å². The van der Waals surface area contributed by atoms with Crippen molar-refractivity contribution in [3.05, 3.63) is 29.3 Å². The molecule has 0 spiro atoms. The number of sulfonamides is 1. The van der Waals surface area contributed by atoms with Crippen LogP contribution in [-0.4, -0.2) is 31.8 Å². The summed E-state index contributed by atoms with van der Waals surface area (Å²) in [5.41, 5.74) is 0.968. The third kappa shape index (κ3) is 3.80. The monoisotopic (exact) mass is 298 g/mol. The second kappa shape index (κ2) is 6.37. The van der Waals surface area contributed by atoms with E-state index in [1.54, 1.807) is 17.0 Å². The maximum atomic E-state index is 12.6. The molecule has 0 aliphatic carbocycles. The highest BCUT2D eigenvalue weighted by Crippen LogP contribution is 2.19. The molecule has 0 fully saturated rings. The van der Waals surface area contributed by atoms with E-state index in [0.717, 1.165) is 12.0 Å². The highest BCUT2D eigenvalue weighted by molar-refractivity contribution is 7.89. The second-order valence-electron chi connectivity index (χ2n) is 5.14. The summed E-state index contributed by atoms with van der Waals surface area (Å²) >= 11 is 0. The van der Waals surface area contributed by atoms with Crippen molar-refractivity contribution >= 4 is 15.9 Å². The minimum absolute atomic E-state index is 0.00343. The molecule has 6 heteroatoms. The number of hydrogen-bond donors (Lipinski definition) is 1. The molecular weight excluding hydrogens is 276 g/mol. The average Bonchev–Trinajstić information content (AvgIpc) is 2.33. The maximum Gasteiger partial charge on any atom is 0.255 e. The van der Waals surface area contributed by atoms with E-state index in [1.807, 2.05) is 27.7 Å². The Morgan fingerprint density at radius 3 is 2.40 bits per heavy atom. The Morgan fingerprint density at radius 2 is 1.95 bits per heavy atom.